The molecule has 0 radical (unpaired) electrons. The Kier molecular flexibility index (Phi) is 10.8. The Labute approximate surface area is 228 Å². The highest BCUT2D eigenvalue weighted by atomic mass is 19.1. The fraction of sp³-hybridized carbons (Fsp3) is 0.448. The molecule has 0 spiro atoms. The molecule has 1 aliphatic heterocycles. The van der Waals surface area contributed by atoms with Gasteiger partial charge >= 0.3 is 0 Å². The largest absolute Gasteiger partial charge is 0.491 e. The van der Waals surface area contributed by atoms with Crippen LogP contribution >= 0.6 is 0 Å². The predicted molar refractivity (Wildman–Crippen MR) is 145 cm³/mol. The van der Waals surface area contributed by atoms with Gasteiger partial charge in [-0.05, 0) is 55.0 Å². The number of nitrogens with one attached hydrogen (secondary N) is 3. The molecule has 3 rings (SSSR count). The minimum Gasteiger partial charge on any atom is -0.491 e. The Morgan fingerprint density at radius 3 is 2.54 bits per heavy atom. The molecular weight excluding hydrogens is 503 g/mol. The number of hydrogen-bond acceptors (Lipinski definition) is 5. The maximum absolute atomic E-state index is 13.2. The topological polar surface area (TPSA) is 117 Å². The van der Waals surface area contributed by atoms with Crippen LogP contribution in [0.1, 0.15) is 49.0 Å². The predicted octanol–water partition coefficient (Wildman–Crippen LogP) is 2.44. The Balaban J connectivity index is 1.78. The highest BCUT2D eigenvalue weighted by molar-refractivity contribution is 5.99. The second-order valence-electron chi connectivity index (χ2n) is 10.1. The van der Waals surface area contributed by atoms with Crippen molar-refractivity contribution in [3.63, 3.8) is 0 Å². The van der Waals surface area contributed by atoms with Crippen LogP contribution in [-0.4, -0.2) is 67.4 Å². The van der Waals surface area contributed by atoms with Gasteiger partial charge in [0.25, 0.3) is 5.91 Å². The highest BCUT2D eigenvalue weighted by Crippen LogP contribution is 2.19. The van der Waals surface area contributed by atoms with Gasteiger partial charge in [0.15, 0.2) is 0 Å². The zero-order valence-electron chi connectivity index (χ0n) is 22.7. The van der Waals surface area contributed by atoms with E-state index >= 15 is 0 Å². The number of rotatable bonds is 6. The van der Waals surface area contributed by atoms with Crippen molar-refractivity contribution in [3.8, 4) is 5.75 Å². The van der Waals surface area contributed by atoms with Crippen LogP contribution in [0.4, 0.5) is 4.39 Å². The Hall–Kier alpha value is -3.95. The Morgan fingerprint density at radius 2 is 1.82 bits per heavy atom. The number of benzene rings is 2. The summed E-state index contributed by atoms with van der Waals surface area (Å²) in [5, 5.41) is 8.35. The first-order valence-corrected chi connectivity index (χ1v) is 13.2. The molecule has 2 aromatic carbocycles. The molecule has 0 aliphatic carbocycles. The van der Waals surface area contributed by atoms with Crippen LogP contribution in [-0.2, 0) is 20.8 Å². The Bertz CT molecular complexity index is 1150. The van der Waals surface area contributed by atoms with Crippen LogP contribution in [0.2, 0.25) is 0 Å². The lowest BCUT2D eigenvalue weighted by molar-refractivity contribution is -0.136. The first-order valence-electron chi connectivity index (χ1n) is 13.2. The second kappa shape index (κ2) is 14.3. The molecule has 0 saturated carbocycles. The van der Waals surface area contributed by atoms with Gasteiger partial charge in [0.1, 0.15) is 30.3 Å². The van der Waals surface area contributed by atoms with Gasteiger partial charge in [-0.15, -0.1) is 0 Å². The summed E-state index contributed by atoms with van der Waals surface area (Å²) >= 11 is 0. The third-order valence-electron chi connectivity index (χ3n) is 6.44. The maximum atomic E-state index is 13.2. The number of fused-ring (bicyclic) bond motifs is 1. The van der Waals surface area contributed by atoms with E-state index < -0.39 is 23.9 Å². The fourth-order valence-corrected chi connectivity index (χ4v) is 4.29. The number of amides is 4. The fourth-order valence-electron chi connectivity index (χ4n) is 4.29. The lowest BCUT2D eigenvalue weighted by Crippen LogP contribution is -2.50. The SMILES string of the molecule is CC(C)C[C@@H]1NC(=O)CC[C@@H](C(=O)NCCc2ccc(F)cc2)NC(=O)c2ccccc2OCCN(C)C1=O. The lowest BCUT2D eigenvalue weighted by Gasteiger charge is -2.26. The zero-order chi connectivity index (χ0) is 28.4. The van der Waals surface area contributed by atoms with Crippen molar-refractivity contribution in [3.05, 3.63) is 65.5 Å². The third kappa shape index (κ3) is 9.08. The highest BCUT2D eigenvalue weighted by Gasteiger charge is 2.28. The summed E-state index contributed by atoms with van der Waals surface area (Å²) in [4.78, 5) is 53.7. The molecule has 210 valence electrons. The molecule has 39 heavy (non-hydrogen) atoms. The van der Waals surface area contributed by atoms with Crippen LogP contribution in [0.25, 0.3) is 0 Å². The van der Waals surface area contributed by atoms with Crippen LogP contribution < -0.4 is 20.7 Å². The molecule has 0 bridgehead atoms. The number of likely N-dealkylation sites (N-methyl/N-ethyl adjacent to an activating group) is 1. The first-order chi connectivity index (χ1) is 18.6. The summed E-state index contributed by atoms with van der Waals surface area (Å²) in [5.41, 5.74) is 1.09. The molecule has 0 fully saturated rings. The normalized spacial score (nSPS) is 19.2. The number of ether oxygens (including phenoxy) is 1. The first kappa shape index (κ1) is 29.6. The van der Waals surface area contributed by atoms with E-state index in [1.807, 2.05) is 13.8 Å². The zero-order valence-corrected chi connectivity index (χ0v) is 22.7. The summed E-state index contributed by atoms with van der Waals surface area (Å²) in [7, 11) is 1.65. The number of carbonyl (C=O) groups is 4. The van der Waals surface area contributed by atoms with Gasteiger partial charge < -0.3 is 25.6 Å². The van der Waals surface area contributed by atoms with Gasteiger partial charge in [0, 0.05) is 20.0 Å². The minimum absolute atomic E-state index is 0.0292. The molecule has 0 unspecified atom stereocenters. The van der Waals surface area contributed by atoms with E-state index in [4.69, 9.17) is 4.74 Å². The molecule has 0 aromatic heterocycles. The minimum atomic E-state index is -1.00. The lowest BCUT2D eigenvalue weighted by atomic mass is 10.0. The number of para-hydroxylation sites is 1. The van der Waals surface area contributed by atoms with Crippen molar-refractivity contribution < 1.29 is 28.3 Å². The standard InChI is InChI=1S/C29H37FN4O5/c1-19(2)18-24-29(38)34(3)16-17-39-25-7-5-4-6-22(25)27(36)33-23(12-13-26(35)32-24)28(37)31-15-14-20-8-10-21(30)11-9-20/h4-11,19,23-24H,12-18H2,1-3H3,(H,31,37)(H,32,35)(H,33,36)/t23-,24-/m0/s1. The van der Waals surface area contributed by atoms with E-state index in [9.17, 15) is 23.6 Å². The summed E-state index contributed by atoms with van der Waals surface area (Å²) < 4.78 is 19.0. The third-order valence-corrected chi connectivity index (χ3v) is 6.44. The molecular formula is C29H37FN4O5. The van der Waals surface area contributed by atoms with Gasteiger partial charge in [-0.1, -0.05) is 38.1 Å². The maximum Gasteiger partial charge on any atom is 0.255 e. The summed E-state index contributed by atoms with van der Waals surface area (Å²) in [5.74, 6) is -1.42. The number of hydrogen-bond donors (Lipinski definition) is 3. The van der Waals surface area contributed by atoms with Crippen molar-refractivity contribution in [2.45, 2.75) is 51.6 Å². The Morgan fingerprint density at radius 1 is 1.10 bits per heavy atom. The number of halogens is 1. The van der Waals surface area contributed by atoms with E-state index in [0.29, 0.717) is 18.6 Å². The average Bonchev–Trinajstić information content (AvgIpc) is 2.90. The number of nitrogens with zero attached hydrogens (tertiary/aromatic N) is 1. The van der Waals surface area contributed by atoms with E-state index in [1.165, 1.54) is 17.0 Å². The van der Waals surface area contributed by atoms with Crippen molar-refractivity contribution in [1.29, 1.82) is 0 Å². The van der Waals surface area contributed by atoms with E-state index in [0.717, 1.165) is 5.56 Å². The van der Waals surface area contributed by atoms with E-state index in [2.05, 4.69) is 16.0 Å². The van der Waals surface area contributed by atoms with Gasteiger partial charge in [-0.3, -0.25) is 19.2 Å². The van der Waals surface area contributed by atoms with Gasteiger partial charge in [-0.25, -0.2) is 4.39 Å². The quantitative estimate of drug-likeness (QED) is 0.521. The van der Waals surface area contributed by atoms with Gasteiger partial charge in [0.2, 0.25) is 17.7 Å². The molecule has 1 aliphatic rings. The average molecular weight is 541 g/mol. The van der Waals surface area contributed by atoms with Gasteiger partial charge in [0.05, 0.1) is 12.1 Å². The molecule has 0 saturated heterocycles. The summed E-state index contributed by atoms with van der Waals surface area (Å²) in [6, 6.07) is 10.9. The molecule has 9 nitrogen and oxygen atoms in total. The molecule has 4 amide bonds. The monoisotopic (exact) mass is 540 g/mol. The molecule has 2 atom stereocenters. The summed E-state index contributed by atoms with van der Waals surface area (Å²) in [6.45, 7) is 4.61. The van der Waals surface area contributed by atoms with Crippen LogP contribution in [0.3, 0.4) is 0 Å². The van der Waals surface area contributed by atoms with Gasteiger partial charge in [-0.2, -0.15) is 0 Å². The number of carbonyl (C=O) groups excluding carboxylic acids is 4. The van der Waals surface area contributed by atoms with Crippen LogP contribution in [0.15, 0.2) is 48.5 Å². The molecule has 3 N–H and O–H groups in total. The van der Waals surface area contributed by atoms with Crippen molar-refractivity contribution in [2.24, 2.45) is 5.92 Å². The summed E-state index contributed by atoms with van der Waals surface area (Å²) in [6.07, 6.45) is 0.889. The van der Waals surface area contributed by atoms with E-state index in [-0.39, 0.29) is 61.7 Å². The van der Waals surface area contributed by atoms with Crippen molar-refractivity contribution in [2.75, 3.05) is 26.7 Å². The van der Waals surface area contributed by atoms with Crippen LogP contribution in [0, 0.1) is 11.7 Å². The van der Waals surface area contributed by atoms with E-state index in [1.54, 1.807) is 43.4 Å². The smallest absolute Gasteiger partial charge is 0.255 e. The van der Waals surface area contributed by atoms with Crippen LogP contribution in [0.5, 0.6) is 5.75 Å². The second-order valence-corrected chi connectivity index (χ2v) is 10.1. The van der Waals surface area contributed by atoms with Crippen molar-refractivity contribution in [1.82, 2.24) is 20.9 Å². The molecule has 10 heteroatoms. The molecule has 1 heterocycles. The van der Waals surface area contributed by atoms with Crippen molar-refractivity contribution >= 4 is 23.6 Å². The molecule has 2 aromatic rings.